The number of rotatable bonds is 15. The number of nitrogens with zero attached hydrogens (tertiary/aromatic N) is 2. The summed E-state index contributed by atoms with van der Waals surface area (Å²) in [6.45, 7) is 1.96. The molecule has 1 amide bonds. The van der Waals surface area contributed by atoms with Crippen LogP contribution < -0.4 is 30.7 Å². The van der Waals surface area contributed by atoms with Gasteiger partial charge in [-0.25, -0.2) is 4.98 Å². The Morgan fingerprint density at radius 2 is 1.74 bits per heavy atom. The van der Waals surface area contributed by atoms with Gasteiger partial charge in [0.25, 0.3) is 0 Å². The molecule has 2 aromatic heterocycles. The monoisotopic (exact) mass is 666 g/mol. The van der Waals surface area contributed by atoms with E-state index in [0.717, 1.165) is 23.2 Å². The summed E-state index contributed by atoms with van der Waals surface area (Å²) in [5.74, 6) is 1.24. The number of amides is 1. The molecule has 4 N–H and O–H groups in total. The quantitative estimate of drug-likeness (QED) is 0.104. The maximum atomic E-state index is 12.5. The van der Waals surface area contributed by atoms with E-state index in [-0.39, 0.29) is 18.6 Å². The highest BCUT2D eigenvalue weighted by Gasteiger charge is 2.21. The summed E-state index contributed by atoms with van der Waals surface area (Å²) in [7, 11) is 3.20. The lowest BCUT2D eigenvalue weighted by molar-refractivity contribution is -0.119. The van der Waals surface area contributed by atoms with Crippen LogP contribution in [0.4, 0.5) is 15.8 Å². The lowest BCUT2D eigenvalue weighted by atomic mass is 10.0. The lowest BCUT2D eigenvalue weighted by Gasteiger charge is -2.18. The van der Waals surface area contributed by atoms with Crippen LogP contribution in [0.1, 0.15) is 30.4 Å². The molecule has 5 rings (SSSR count). The first-order chi connectivity index (χ1) is 22.4. The Kier molecular flexibility index (Phi) is 11.7. The van der Waals surface area contributed by atoms with Gasteiger partial charge in [-0.05, 0) is 43.7 Å². The van der Waals surface area contributed by atoms with Crippen LogP contribution in [0, 0.1) is 0 Å². The summed E-state index contributed by atoms with van der Waals surface area (Å²) >= 11 is 14.0. The Morgan fingerprint density at radius 3 is 2.50 bits per heavy atom. The van der Waals surface area contributed by atoms with Crippen LogP contribution in [0.5, 0.6) is 11.6 Å². The summed E-state index contributed by atoms with van der Waals surface area (Å²) in [5, 5.41) is 13.8. The highest BCUT2D eigenvalue weighted by atomic mass is 35.5. The van der Waals surface area contributed by atoms with E-state index in [1.807, 2.05) is 54.6 Å². The molecule has 9 nitrogen and oxygen atoms in total. The van der Waals surface area contributed by atoms with E-state index in [0.29, 0.717) is 88.9 Å². The molecule has 1 saturated heterocycles. The standard InChI is InChI=1S/C34H37Cl2FN6O3/c1-45-33-21(18-38-16-5-15-37)6-3-9-28(33)42-27-8-4-7-25(30(27)35)32-31(36)24(14-17-40-32)26-12-10-22(34(43-26)46-2)19-39-20-23-11-13-29(44)41-23/h3-4,6-10,12,14,17,23,38-39,42H,5,11,13,15-16,18-20H2,1-2H3,(H,41,44)/t23-/m1/s1. The molecule has 242 valence electrons. The lowest BCUT2D eigenvalue weighted by Crippen LogP contribution is -2.35. The zero-order valence-electron chi connectivity index (χ0n) is 25.8. The van der Waals surface area contributed by atoms with Crippen LogP contribution in [0.2, 0.25) is 10.0 Å². The molecule has 0 saturated carbocycles. The number of hydrogen-bond acceptors (Lipinski definition) is 8. The molecule has 4 aromatic rings. The number of halogens is 3. The molecule has 46 heavy (non-hydrogen) atoms. The number of carbonyl (C=O) groups excluding carboxylic acids is 1. The van der Waals surface area contributed by atoms with Crippen molar-refractivity contribution in [2.45, 2.75) is 38.4 Å². The molecule has 0 unspecified atom stereocenters. The fourth-order valence-corrected chi connectivity index (χ4v) is 5.98. The van der Waals surface area contributed by atoms with Crippen molar-refractivity contribution >= 4 is 40.5 Å². The molecule has 0 spiro atoms. The number of para-hydroxylation sites is 1. The molecule has 0 radical (unpaired) electrons. The van der Waals surface area contributed by atoms with Gasteiger partial charge in [-0.15, -0.1) is 0 Å². The van der Waals surface area contributed by atoms with E-state index >= 15 is 0 Å². The van der Waals surface area contributed by atoms with Gasteiger partial charge in [0.05, 0.1) is 53.7 Å². The molecular weight excluding hydrogens is 630 g/mol. The minimum Gasteiger partial charge on any atom is -0.494 e. The molecule has 0 bridgehead atoms. The summed E-state index contributed by atoms with van der Waals surface area (Å²) in [6, 6.07) is 17.2. The Bertz CT molecular complexity index is 1670. The number of anilines is 2. The number of carbonyl (C=O) groups is 1. The third-order valence-corrected chi connectivity index (χ3v) is 8.51. The summed E-state index contributed by atoms with van der Waals surface area (Å²) < 4.78 is 23.9. The van der Waals surface area contributed by atoms with Crippen molar-refractivity contribution < 1.29 is 18.7 Å². The van der Waals surface area contributed by atoms with Gasteiger partial charge in [-0.3, -0.25) is 14.2 Å². The topological polar surface area (TPSA) is 109 Å². The number of aromatic nitrogens is 2. The first kappa shape index (κ1) is 33.4. The number of pyridine rings is 2. The van der Waals surface area contributed by atoms with Gasteiger partial charge in [0.1, 0.15) is 5.75 Å². The first-order valence-corrected chi connectivity index (χ1v) is 15.9. The number of nitrogens with one attached hydrogen (secondary N) is 4. The normalized spacial score (nSPS) is 14.3. The average Bonchev–Trinajstić information content (AvgIpc) is 3.49. The maximum Gasteiger partial charge on any atom is 0.220 e. The van der Waals surface area contributed by atoms with Crippen molar-refractivity contribution in [3.05, 3.63) is 82.0 Å². The molecule has 12 heteroatoms. The molecule has 1 fully saturated rings. The third-order valence-electron chi connectivity index (χ3n) is 7.72. The van der Waals surface area contributed by atoms with E-state index in [9.17, 15) is 9.18 Å². The molecule has 1 aliphatic heterocycles. The second kappa shape index (κ2) is 16.0. The summed E-state index contributed by atoms with van der Waals surface area (Å²) in [6.07, 6.45) is 3.52. The van der Waals surface area contributed by atoms with Gasteiger partial charge in [-0.2, -0.15) is 0 Å². The fourth-order valence-electron chi connectivity index (χ4n) is 5.41. The van der Waals surface area contributed by atoms with Gasteiger partial charge in [0.2, 0.25) is 11.8 Å². The van der Waals surface area contributed by atoms with E-state index in [1.54, 1.807) is 20.4 Å². The number of benzene rings is 2. The maximum absolute atomic E-state index is 12.5. The minimum absolute atomic E-state index is 0.0926. The molecule has 3 heterocycles. The van der Waals surface area contributed by atoms with Crippen molar-refractivity contribution in [2.24, 2.45) is 0 Å². The number of alkyl halides is 1. The smallest absolute Gasteiger partial charge is 0.220 e. The van der Waals surface area contributed by atoms with Gasteiger partial charge in [-0.1, -0.05) is 53.5 Å². The summed E-state index contributed by atoms with van der Waals surface area (Å²) in [5.41, 5.74) is 5.67. The van der Waals surface area contributed by atoms with Crippen molar-refractivity contribution in [3.63, 3.8) is 0 Å². The van der Waals surface area contributed by atoms with Crippen LogP contribution >= 0.6 is 23.2 Å². The fraction of sp³-hybridized carbons (Fsp3) is 0.324. The van der Waals surface area contributed by atoms with E-state index < -0.39 is 0 Å². The SMILES string of the molecule is COc1nc(-c2ccnc(-c3cccc(Nc4cccc(CNCCCF)c4OC)c3Cl)c2Cl)ccc1CNC[C@H]1CCC(=O)N1. The molecule has 0 aliphatic carbocycles. The Labute approximate surface area is 278 Å². The first-order valence-electron chi connectivity index (χ1n) is 15.1. The van der Waals surface area contributed by atoms with Crippen molar-refractivity contribution in [3.8, 4) is 34.1 Å². The van der Waals surface area contributed by atoms with Crippen molar-refractivity contribution in [1.82, 2.24) is 25.9 Å². The van der Waals surface area contributed by atoms with Crippen LogP contribution in [0.3, 0.4) is 0 Å². The molecule has 1 aliphatic rings. The van der Waals surface area contributed by atoms with Gasteiger partial charge < -0.3 is 30.7 Å². The number of methoxy groups -OCH3 is 2. The highest BCUT2D eigenvalue weighted by Crippen LogP contribution is 2.42. The number of ether oxygens (including phenoxy) is 2. The third kappa shape index (κ3) is 7.87. The van der Waals surface area contributed by atoms with Gasteiger partial charge in [0, 0.05) is 60.5 Å². The second-order valence-electron chi connectivity index (χ2n) is 10.8. The van der Waals surface area contributed by atoms with Crippen molar-refractivity contribution in [1.29, 1.82) is 0 Å². The predicted molar refractivity (Wildman–Crippen MR) is 181 cm³/mol. The van der Waals surface area contributed by atoms with Crippen molar-refractivity contribution in [2.75, 3.05) is 39.3 Å². The molecule has 1 atom stereocenters. The average molecular weight is 668 g/mol. The van der Waals surface area contributed by atoms with Crippen LogP contribution in [0.25, 0.3) is 22.5 Å². The van der Waals surface area contributed by atoms with Crippen LogP contribution in [0.15, 0.2) is 60.8 Å². The molecular formula is C34H37Cl2FN6O3. The largest absolute Gasteiger partial charge is 0.494 e. The van der Waals surface area contributed by atoms with Crippen LogP contribution in [-0.2, 0) is 17.9 Å². The van der Waals surface area contributed by atoms with Gasteiger partial charge >= 0.3 is 0 Å². The molecule has 2 aromatic carbocycles. The highest BCUT2D eigenvalue weighted by molar-refractivity contribution is 6.39. The minimum atomic E-state index is -0.360. The number of hydrogen-bond donors (Lipinski definition) is 4. The van der Waals surface area contributed by atoms with Gasteiger partial charge in [0.15, 0.2) is 0 Å². The Morgan fingerprint density at radius 1 is 0.935 bits per heavy atom. The van der Waals surface area contributed by atoms with Crippen LogP contribution in [-0.4, -0.2) is 55.9 Å². The zero-order chi connectivity index (χ0) is 32.5. The predicted octanol–water partition coefficient (Wildman–Crippen LogP) is 6.70. The summed E-state index contributed by atoms with van der Waals surface area (Å²) in [4.78, 5) is 20.8. The van der Waals surface area contributed by atoms with E-state index in [1.165, 1.54) is 0 Å². The Balaban J connectivity index is 1.36. The van der Waals surface area contributed by atoms with E-state index in [2.05, 4.69) is 26.3 Å². The zero-order valence-corrected chi connectivity index (χ0v) is 27.3. The Hall–Kier alpha value is -3.96. The van der Waals surface area contributed by atoms with E-state index in [4.69, 9.17) is 37.7 Å². The second-order valence-corrected chi connectivity index (χ2v) is 11.6.